The highest BCUT2D eigenvalue weighted by molar-refractivity contribution is 6.35. The molecule has 4 rings (SSSR count). The van der Waals surface area contributed by atoms with Crippen LogP contribution in [-0.2, 0) is 0 Å². The van der Waals surface area contributed by atoms with Gasteiger partial charge in [0.15, 0.2) is 5.84 Å². The Morgan fingerprint density at radius 1 is 1.28 bits per heavy atom. The molecule has 2 atom stereocenters. The number of anilines is 1. The van der Waals surface area contributed by atoms with E-state index in [4.69, 9.17) is 22.5 Å². The van der Waals surface area contributed by atoms with Crippen LogP contribution in [0.25, 0.3) is 11.0 Å². The van der Waals surface area contributed by atoms with Crippen LogP contribution in [0, 0.1) is 11.6 Å². The lowest BCUT2D eigenvalue weighted by atomic mass is 10.0. The molecule has 29 heavy (non-hydrogen) atoms. The van der Waals surface area contributed by atoms with Crippen LogP contribution in [0.3, 0.4) is 0 Å². The van der Waals surface area contributed by atoms with Crippen LogP contribution in [0.1, 0.15) is 23.6 Å². The second kappa shape index (κ2) is 7.40. The summed E-state index contributed by atoms with van der Waals surface area (Å²) in [6, 6.07) is 5.56. The summed E-state index contributed by atoms with van der Waals surface area (Å²) in [5.74, 6) is -1.19. The minimum atomic E-state index is -1.25. The Morgan fingerprint density at radius 2 is 2.07 bits per heavy atom. The minimum Gasteiger partial charge on any atom is -0.409 e. The van der Waals surface area contributed by atoms with Crippen molar-refractivity contribution in [3.63, 3.8) is 0 Å². The number of benzene rings is 1. The molecule has 1 aromatic carbocycles. The maximum atomic E-state index is 14.3. The molecule has 2 aromatic heterocycles. The van der Waals surface area contributed by atoms with Crippen molar-refractivity contribution in [3.05, 3.63) is 64.3 Å². The summed E-state index contributed by atoms with van der Waals surface area (Å²) in [6.07, 6.45) is 0.0824. The van der Waals surface area contributed by atoms with Crippen LogP contribution in [-0.4, -0.2) is 33.7 Å². The van der Waals surface area contributed by atoms with Gasteiger partial charge in [0.05, 0.1) is 28.7 Å². The number of fused-ring (bicyclic) bond motifs is 1. The summed E-state index contributed by atoms with van der Waals surface area (Å²) in [5.41, 5.74) is 6.61. The zero-order valence-electron chi connectivity index (χ0n) is 14.9. The lowest BCUT2D eigenvalue weighted by molar-refractivity contribution is 0.318. The number of nitrogens with two attached hydrogens (primary N) is 1. The summed E-state index contributed by atoms with van der Waals surface area (Å²) >= 11 is 6.14. The molecule has 6 nitrogen and oxygen atoms in total. The molecule has 3 heterocycles. The smallest absolute Gasteiger partial charge is 0.173 e. The second-order valence-electron chi connectivity index (χ2n) is 6.67. The van der Waals surface area contributed by atoms with Gasteiger partial charge in [-0.2, -0.15) is 0 Å². The molecule has 0 aliphatic carbocycles. The van der Waals surface area contributed by atoms with E-state index in [0.717, 1.165) is 18.2 Å². The molecule has 0 saturated carbocycles. The number of alkyl halides is 1. The topological polar surface area (TPSA) is 87.6 Å². The van der Waals surface area contributed by atoms with Crippen LogP contribution in [0.5, 0.6) is 0 Å². The van der Waals surface area contributed by atoms with Crippen molar-refractivity contribution < 1.29 is 18.4 Å². The van der Waals surface area contributed by atoms with Crippen LogP contribution in [0.4, 0.5) is 19.0 Å². The molecule has 0 unspecified atom stereocenters. The molecule has 3 aromatic rings. The average Bonchev–Trinajstić information content (AvgIpc) is 3.10. The molecular weight excluding hydrogens is 407 g/mol. The SMILES string of the molecule is N/C(=N\O)c1c(Cl)cnc2ccc(N3C[C@@H](F)C[C@@H]3c3cc(F)ccc3F)nc12. The van der Waals surface area contributed by atoms with Crippen molar-refractivity contribution in [2.24, 2.45) is 10.9 Å². The quantitative estimate of drug-likeness (QED) is 0.289. The van der Waals surface area contributed by atoms with Crippen LogP contribution < -0.4 is 10.6 Å². The third-order valence-electron chi connectivity index (χ3n) is 4.88. The molecule has 1 saturated heterocycles. The Balaban J connectivity index is 1.85. The summed E-state index contributed by atoms with van der Waals surface area (Å²) in [6.45, 7) is -0.0496. The summed E-state index contributed by atoms with van der Waals surface area (Å²) < 4.78 is 42.3. The minimum absolute atomic E-state index is 0.0129. The zero-order valence-corrected chi connectivity index (χ0v) is 15.6. The van der Waals surface area contributed by atoms with Crippen molar-refractivity contribution in [1.82, 2.24) is 9.97 Å². The molecule has 10 heteroatoms. The first kappa shape index (κ1) is 19.3. The maximum Gasteiger partial charge on any atom is 0.173 e. The summed E-state index contributed by atoms with van der Waals surface area (Å²) in [4.78, 5) is 10.2. The number of pyridine rings is 2. The van der Waals surface area contributed by atoms with Gasteiger partial charge in [0, 0.05) is 18.2 Å². The monoisotopic (exact) mass is 421 g/mol. The predicted molar refractivity (Wildman–Crippen MR) is 103 cm³/mol. The standard InChI is InChI=1S/C19H15ClF3N5O/c20-12-7-25-14-3-4-16(26-18(14)17(12)19(24)27-29)28-8-10(22)6-15(28)11-5-9(21)1-2-13(11)23/h1-5,7,10,15,29H,6,8H2,(H2,24,27)/t10-,15+/m0/s1. The van der Waals surface area contributed by atoms with Crippen LogP contribution in [0.2, 0.25) is 5.02 Å². The van der Waals surface area contributed by atoms with Crippen LogP contribution in [0.15, 0.2) is 41.7 Å². The van der Waals surface area contributed by atoms with Gasteiger partial charge >= 0.3 is 0 Å². The molecule has 1 fully saturated rings. The molecule has 1 aliphatic heterocycles. The molecule has 1 aliphatic rings. The average molecular weight is 422 g/mol. The molecule has 150 valence electrons. The van der Waals surface area contributed by atoms with Gasteiger partial charge in [0.1, 0.15) is 29.1 Å². The second-order valence-corrected chi connectivity index (χ2v) is 7.08. The third-order valence-corrected chi connectivity index (χ3v) is 5.16. The number of halogens is 4. The van der Waals surface area contributed by atoms with Gasteiger partial charge in [-0.3, -0.25) is 4.98 Å². The first-order valence-electron chi connectivity index (χ1n) is 8.68. The highest BCUT2D eigenvalue weighted by atomic mass is 35.5. The fourth-order valence-corrected chi connectivity index (χ4v) is 3.82. The Labute approximate surface area is 168 Å². The number of hydrogen-bond acceptors (Lipinski definition) is 5. The Kier molecular flexibility index (Phi) is 4.91. The summed E-state index contributed by atoms with van der Waals surface area (Å²) in [7, 11) is 0. The number of rotatable bonds is 3. The van der Waals surface area contributed by atoms with Crippen molar-refractivity contribution in [2.75, 3.05) is 11.4 Å². The van der Waals surface area contributed by atoms with Gasteiger partial charge in [0.25, 0.3) is 0 Å². The van der Waals surface area contributed by atoms with Gasteiger partial charge in [0.2, 0.25) is 0 Å². The van der Waals surface area contributed by atoms with Crippen LogP contribution >= 0.6 is 11.6 Å². The van der Waals surface area contributed by atoms with E-state index < -0.39 is 23.8 Å². The molecule has 0 radical (unpaired) electrons. The Morgan fingerprint density at radius 3 is 2.83 bits per heavy atom. The zero-order chi connectivity index (χ0) is 20.7. The van der Waals surface area contributed by atoms with Crippen molar-refractivity contribution in [1.29, 1.82) is 0 Å². The number of oxime groups is 1. The maximum absolute atomic E-state index is 14.3. The summed E-state index contributed by atoms with van der Waals surface area (Å²) in [5, 5.41) is 12.1. The van der Waals surface area contributed by atoms with E-state index in [1.54, 1.807) is 17.0 Å². The fourth-order valence-electron chi connectivity index (χ4n) is 3.59. The van der Waals surface area contributed by atoms with Gasteiger partial charge in [-0.15, -0.1) is 0 Å². The molecule has 0 amide bonds. The van der Waals surface area contributed by atoms with E-state index in [-0.39, 0.29) is 40.5 Å². The van der Waals surface area contributed by atoms with Gasteiger partial charge in [-0.25, -0.2) is 18.2 Å². The van der Waals surface area contributed by atoms with E-state index >= 15 is 0 Å². The van der Waals surface area contributed by atoms with Crippen molar-refractivity contribution in [2.45, 2.75) is 18.6 Å². The van der Waals surface area contributed by atoms with E-state index in [1.807, 2.05) is 0 Å². The number of nitrogens with zero attached hydrogens (tertiary/aromatic N) is 4. The number of hydrogen-bond donors (Lipinski definition) is 2. The number of amidine groups is 1. The lowest BCUT2D eigenvalue weighted by Gasteiger charge is -2.26. The Hall–Kier alpha value is -3.07. The molecule has 0 spiro atoms. The normalized spacial score (nSPS) is 19.9. The fraction of sp³-hybridized carbons (Fsp3) is 0.211. The highest BCUT2D eigenvalue weighted by Crippen LogP contribution is 2.38. The lowest BCUT2D eigenvalue weighted by Crippen LogP contribution is -2.25. The van der Waals surface area contributed by atoms with E-state index in [2.05, 4.69) is 15.1 Å². The van der Waals surface area contributed by atoms with Gasteiger partial charge in [-0.1, -0.05) is 16.8 Å². The highest BCUT2D eigenvalue weighted by Gasteiger charge is 2.36. The van der Waals surface area contributed by atoms with E-state index in [1.165, 1.54) is 6.20 Å². The molecular formula is C19H15ClF3N5O. The van der Waals surface area contributed by atoms with E-state index in [9.17, 15) is 13.2 Å². The Bertz CT molecular complexity index is 1130. The van der Waals surface area contributed by atoms with Crippen molar-refractivity contribution >= 4 is 34.3 Å². The first-order chi connectivity index (χ1) is 13.9. The van der Waals surface area contributed by atoms with E-state index in [0.29, 0.717) is 11.3 Å². The predicted octanol–water partition coefficient (Wildman–Crippen LogP) is 3.95. The molecule has 0 bridgehead atoms. The van der Waals surface area contributed by atoms with Gasteiger partial charge < -0.3 is 15.8 Å². The first-order valence-corrected chi connectivity index (χ1v) is 9.05. The van der Waals surface area contributed by atoms with Gasteiger partial charge in [-0.05, 0) is 30.3 Å². The molecule has 3 N–H and O–H groups in total. The third kappa shape index (κ3) is 3.42. The number of aromatic nitrogens is 2. The largest absolute Gasteiger partial charge is 0.409 e. The van der Waals surface area contributed by atoms with Crippen molar-refractivity contribution in [3.8, 4) is 0 Å².